The highest BCUT2D eigenvalue weighted by atomic mass is 16.6. The molecule has 8 nitrogen and oxygen atoms in total. The Morgan fingerprint density at radius 3 is 1.38 bits per heavy atom. The molecular formula is C8H13N3O5. The molecule has 0 aromatic carbocycles. The van der Waals surface area contributed by atoms with E-state index in [1.807, 2.05) is 0 Å². The van der Waals surface area contributed by atoms with Crippen molar-refractivity contribution < 1.29 is 9.47 Å². The molecule has 2 aliphatic rings. The summed E-state index contributed by atoms with van der Waals surface area (Å²) in [6.45, 7) is 5.04. The Bertz CT molecular complexity index is 386. The highest BCUT2D eigenvalue weighted by Gasteiger charge is 2.13. The first kappa shape index (κ1) is 12.4. The summed E-state index contributed by atoms with van der Waals surface area (Å²) < 4.78 is 9.21. The molecule has 90 valence electrons. The van der Waals surface area contributed by atoms with Crippen molar-refractivity contribution in [3.8, 4) is 0 Å². The standard InChI is InChI=1S/C3H3N3O3.C3H6O.C2H4O/c7-1-4-2(8)6-3(9)5-1;1-3-2-4-3;1-2-3-1/h(H3,4,5,6,7,8,9);3H,2H2,1H3;1-2H2. The molecule has 1 aromatic rings. The number of aromatic nitrogens is 3. The molecule has 0 bridgehead atoms. The number of hydrogen-bond donors (Lipinski definition) is 3. The van der Waals surface area contributed by atoms with E-state index in [-0.39, 0.29) is 0 Å². The zero-order valence-corrected chi connectivity index (χ0v) is 8.74. The van der Waals surface area contributed by atoms with Gasteiger partial charge in [-0.15, -0.1) is 0 Å². The van der Waals surface area contributed by atoms with Crippen molar-refractivity contribution in [2.75, 3.05) is 19.8 Å². The summed E-state index contributed by atoms with van der Waals surface area (Å²) in [6.07, 6.45) is 0.583. The molecule has 3 rings (SSSR count). The highest BCUT2D eigenvalue weighted by molar-refractivity contribution is 4.60. The van der Waals surface area contributed by atoms with Crippen molar-refractivity contribution >= 4 is 0 Å². The third-order valence-electron chi connectivity index (χ3n) is 1.39. The van der Waals surface area contributed by atoms with E-state index in [1.165, 1.54) is 0 Å². The number of aromatic amines is 3. The molecule has 2 saturated heterocycles. The lowest BCUT2D eigenvalue weighted by Gasteiger charge is -1.77. The Kier molecular flexibility index (Phi) is 4.67. The van der Waals surface area contributed by atoms with Crippen LogP contribution in [0.25, 0.3) is 0 Å². The Labute approximate surface area is 89.6 Å². The second-order valence-electron chi connectivity index (χ2n) is 3.12. The lowest BCUT2D eigenvalue weighted by atomic mass is 10.6. The third kappa shape index (κ3) is 7.71. The fourth-order valence-electron chi connectivity index (χ4n) is 0.499. The summed E-state index contributed by atoms with van der Waals surface area (Å²) in [4.78, 5) is 35.9. The van der Waals surface area contributed by atoms with E-state index in [0.29, 0.717) is 6.10 Å². The molecule has 1 unspecified atom stereocenters. The molecule has 0 saturated carbocycles. The molecule has 0 spiro atoms. The molecule has 0 amide bonds. The van der Waals surface area contributed by atoms with Gasteiger partial charge in [0.1, 0.15) is 0 Å². The Hall–Kier alpha value is -1.67. The van der Waals surface area contributed by atoms with Crippen molar-refractivity contribution in [3.63, 3.8) is 0 Å². The SMILES string of the molecule is C1CO1.CC1CO1.O=c1[nH]c(=O)[nH]c(=O)[nH]1. The van der Waals surface area contributed by atoms with Gasteiger partial charge in [0.25, 0.3) is 0 Å². The normalized spacial score (nSPS) is 19.7. The van der Waals surface area contributed by atoms with Crippen molar-refractivity contribution in [1.82, 2.24) is 15.0 Å². The average molecular weight is 231 g/mol. The molecular weight excluding hydrogens is 218 g/mol. The minimum atomic E-state index is -0.802. The van der Waals surface area contributed by atoms with Crippen molar-refractivity contribution in [2.45, 2.75) is 13.0 Å². The summed E-state index contributed by atoms with van der Waals surface area (Å²) in [5.41, 5.74) is -2.41. The Balaban J connectivity index is 0.000000148. The zero-order chi connectivity index (χ0) is 12.0. The molecule has 3 heterocycles. The smallest absolute Gasteiger partial charge is 0.330 e. The van der Waals surface area contributed by atoms with E-state index in [0.717, 1.165) is 19.8 Å². The maximum absolute atomic E-state index is 10.2. The van der Waals surface area contributed by atoms with Gasteiger partial charge in [0.2, 0.25) is 0 Å². The van der Waals surface area contributed by atoms with Crippen LogP contribution in [0.15, 0.2) is 14.4 Å². The van der Waals surface area contributed by atoms with Gasteiger partial charge in [-0.05, 0) is 6.92 Å². The number of H-pyrrole nitrogens is 3. The van der Waals surface area contributed by atoms with Gasteiger partial charge in [0.05, 0.1) is 25.9 Å². The molecule has 1 atom stereocenters. The van der Waals surface area contributed by atoms with Crippen LogP contribution in [0.2, 0.25) is 0 Å². The fourth-order valence-corrected chi connectivity index (χ4v) is 0.499. The lowest BCUT2D eigenvalue weighted by Crippen LogP contribution is -2.34. The summed E-state index contributed by atoms with van der Waals surface area (Å²) in [6, 6.07) is 0. The summed E-state index contributed by atoms with van der Waals surface area (Å²) in [5, 5.41) is 0. The van der Waals surface area contributed by atoms with E-state index in [4.69, 9.17) is 4.74 Å². The summed E-state index contributed by atoms with van der Waals surface area (Å²) in [5.74, 6) is 0. The monoisotopic (exact) mass is 231 g/mol. The van der Waals surface area contributed by atoms with Gasteiger partial charge in [0, 0.05) is 0 Å². The molecule has 1 aromatic heterocycles. The van der Waals surface area contributed by atoms with Gasteiger partial charge in [-0.1, -0.05) is 0 Å². The number of rotatable bonds is 0. The predicted molar refractivity (Wildman–Crippen MR) is 54.5 cm³/mol. The highest BCUT2D eigenvalue weighted by Crippen LogP contribution is 2.04. The van der Waals surface area contributed by atoms with E-state index in [1.54, 1.807) is 15.0 Å². The quantitative estimate of drug-likeness (QED) is 0.453. The first-order valence-electron chi connectivity index (χ1n) is 4.70. The molecule has 2 aliphatic heterocycles. The molecule has 3 N–H and O–H groups in total. The average Bonchev–Trinajstić information content (AvgIpc) is 2.98. The second kappa shape index (κ2) is 6.03. The summed E-state index contributed by atoms with van der Waals surface area (Å²) in [7, 11) is 0. The Morgan fingerprint density at radius 1 is 1.00 bits per heavy atom. The van der Waals surface area contributed by atoms with Crippen molar-refractivity contribution in [2.24, 2.45) is 0 Å². The molecule has 8 heteroatoms. The molecule has 2 fully saturated rings. The van der Waals surface area contributed by atoms with Crippen LogP contribution in [0.4, 0.5) is 0 Å². The van der Waals surface area contributed by atoms with Crippen LogP contribution in [0, 0.1) is 0 Å². The largest absolute Gasteiger partial charge is 0.377 e. The van der Waals surface area contributed by atoms with Crippen LogP contribution in [0.1, 0.15) is 6.92 Å². The van der Waals surface area contributed by atoms with Crippen LogP contribution in [-0.4, -0.2) is 40.9 Å². The van der Waals surface area contributed by atoms with Crippen LogP contribution in [0.5, 0.6) is 0 Å². The summed E-state index contributed by atoms with van der Waals surface area (Å²) >= 11 is 0. The van der Waals surface area contributed by atoms with Crippen LogP contribution >= 0.6 is 0 Å². The predicted octanol–water partition coefficient (Wildman–Crippen LogP) is -1.83. The molecule has 0 radical (unpaired) electrons. The number of nitrogens with one attached hydrogen (secondary N) is 3. The lowest BCUT2D eigenvalue weighted by molar-refractivity contribution is 0.423. The van der Waals surface area contributed by atoms with Gasteiger partial charge < -0.3 is 9.47 Å². The molecule has 0 aliphatic carbocycles. The van der Waals surface area contributed by atoms with E-state index in [2.05, 4.69) is 11.7 Å². The minimum Gasteiger partial charge on any atom is -0.377 e. The van der Waals surface area contributed by atoms with Crippen LogP contribution in [0.3, 0.4) is 0 Å². The fraction of sp³-hybridized carbons (Fsp3) is 0.625. The van der Waals surface area contributed by atoms with Gasteiger partial charge in [0.15, 0.2) is 0 Å². The third-order valence-corrected chi connectivity index (χ3v) is 1.39. The van der Waals surface area contributed by atoms with Crippen molar-refractivity contribution in [1.29, 1.82) is 0 Å². The van der Waals surface area contributed by atoms with Crippen molar-refractivity contribution in [3.05, 3.63) is 31.5 Å². The van der Waals surface area contributed by atoms with Gasteiger partial charge >= 0.3 is 17.1 Å². The minimum absolute atomic E-state index is 0.583. The van der Waals surface area contributed by atoms with Crippen LogP contribution in [-0.2, 0) is 9.47 Å². The van der Waals surface area contributed by atoms with E-state index in [9.17, 15) is 14.4 Å². The first-order valence-corrected chi connectivity index (χ1v) is 4.70. The second-order valence-corrected chi connectivity index (χ2v) is 3.12. The van der Waals surface area contributed by atoms with E-state index < -0.39 is 17.1 Å². The Morgan fingerprint density at radius 2 is 1.25 bits per heavy atom. The molecule has 16 heavy (non-hydrogen) atoms. The topological polar surface area (TPSA) is 124 Å². The number of epoxide rings is 2. The maximum Gasteiger partial charge on any atom is 0.330 e. The van der Waals surface area contributed by atoms with Gasteiger partial charge in [-0.2, -0.15) is 0 Å². The van der Waals surface area contributed by atoms with Gasteiger partial charge in [-0.3, -0.25) is 15.0 Å². The van der Waals surface area contributed by atoms with E-state index >= 15 is 0 Å². The van der Waals surface area contributed by atoms with Crippen LogP contribution < -0.4 is 17.1 Å². The maximum atomic E-state index is 10.2. The number of hydrogen-bond acceptors (Lipinski definition) is 5. The zero-order valence-electron chi connectivity index (χ0n) is 8.74. The first-order chi connectivity index (χ1) is 7.58. The number of ether oxygens (including phenoxy) is 2. The van der Waals surface area contributed by atoms with Gasteiger partial charge in [-0.25, -0.2) is 14.4 Å².